The van der Waals surface area contributed by atoms with E-state index < -0.39 is 10.0 Å². The number of nitrogens with one attached hydrogen (secondary N) is 1. The summed E-state index contributed by atoms with van der Waals surface area (Å²) in [6.07, 6.45) is 4.66. The van der Waals surface area contributed by atoms with Gasteiger partial charge in [0.25, 0.3) is 0 Å². The standard InChI is InChI=1S/C23H28N4O4S/c1-18(2)22(16-24)26-11-13-27(14-12-26)23(28)10-7-19-5-8-21(9-6-19)32(29,30)25-17-20-4-3-15-31-20/h3-10,15,18,22,25H,11-14,17H2,1-2H3/b10-7+. The molecule has 0 bridgehead atoms. The van der Waals surface area contributed by atoms with Crippen molar-refractivity contribution < 1.29 is 17.6 Å². The van der Waals surface area contributed by atoms with Crippen LogP contribution in [0.15, 0.2) is 58.1 Å². The molecule has 9 heteroatoms. The number of furan rings is 1. The van der Waals surface area contributed by atoms with Crippen molar-refractivity contribution in [2.45, 2.75) is 31.3 Å². The summed E-state index contributed by atoms with van der Waals surface area (Å²) < 4.78 is 32.4. The Morgan fingerprint density at radius 2 is 1.88 bits per heavy atom. The van der Waals surface area contributed by atoms with Crippen LogP contribution in [0.3, 0.4) is 0 Å². The Kier molecular flexibility index (Phi) is 7.85. The van der Waals surface area contributed by atoms with Crippen LogP contribution in [0.4, 0.5) is 0 Å². The first-order chi connectivity index (χ1) is 15.3. The summed E-state index contributed by atoms with van der Waals surface area (Å²) >= 11 is 0. The molecule has 1 aromatic carbocycles. The molecule has 1 amide bonds. The number of nitrogens with zero attached hydrogens (tertiary/aromatic N) is 3. The molecule has 1 atom stereocenters. The van der Waals surface area contributed by atoms with Crippen molar-refractivity contribution in [1.82, 2.24) is 14.5 Å². The maximum Gasteiger partial charge on any atom is 0.246 e. The zero-order valence-corrected chi connectivity index (χ0v) is 19.1. The first-order valence-corrected chi connectivity index (χ1v) is 12.0. The molecule has 1 aliphatic heterocycles. The van der Waals surface area contributed by atoms with E-state index in [2.05, 4.69) is 15.7 Å². The molecule has 1 aliphatic rings. The monoisotopic (exact) mass is 456 g/mol. The van der Waals surface area contributed by atoms with Gasteiger partial charge in [-0.05, 0) is 41.8 Å². The van der Waals surface area contributed by atoms with Gasteiger partial charge in [-0.15, -0.1) is 0 Å². The molecule has 0 spiro atoms. The molecule has 1 fully saturated rings. The van der Waals surface area contributed by atoms with Gasteiger partial charge in [-0.1, -0.05) is 26.0 Å². The molecule has 1 N–H and O–H groups in total. The average Bonchev–Trinajstić information content (AvgIpc) is 3.31. The van der Waals surface area contributed by atoms with Gasteiger partial charge in [-0.25, -0.2) is 13.1 Å². The molecular weight excluding hydrogens is 428 g/mol. The molecule has 1 saturated heterocycles. The fourth-order valence-corrected chi connectivity index (χ4v) is 4.56. The molecule has 2 aromatic rings. The number of benzene rings is 1. The third-order valence-electron chi connectivity index (χ3n) is 5.41. The molecule has 0 radical (unpaired) electrons. The van der Waals surface area contributed by atoms with E-state index in [-0.39, 0.29) is 29.3 Å². The zero-order chi connectivity index (χ0) is 23.1. The Morgan fingerprint density at radius 1 is 1.19 bits per heavy atom. The fraction of sp³-hybridized carbons (Fsp3) is 0.391. The number of carbonyl (C=O) groups excluding carboxylic acids is 1. The molecule has 8 nitrogen and oxygen atoms in total. The van der Waals surface area contributed by atoms with Crippen LogP contribution in [-0.4, -0.2) is 56.3 Å². The van der Waals surface area contributed by atoms with Gasteiger partial charge in [0, 0.05) is 32.3 Å². The Bertz CT molecular complexity index is 1060. The van der Waals surface area contributed by atoms with E-state index in [4.69, 9.17) is 4.42 Å². The number of hydrogen-bond acceptors (Lipinski definition) is 6. The predicted molar refractivity (Wildman–Crippen MR) is 121 cm³/mol. The second-order valence-corrected chi connectivity index (χ2v) is 9.75. The minimum Gasteiger partial charge on any atom is -0.468 e. The predicted octanol–water partition coefficient (Wildman–Crippen LogP) is 2.46. The number of hydrogen-bond donors (Lipinski definition) is 1. The Morgan fingerprint density at radius 3 is 2.44 bits per heavy atom. The lowest BCUT2D eigenvalue weighted by molar-refractivity contribution is -0.127. The quantitative estimate of drug-likeness (QED) is 0.612. The second kappa shape index (κ2) is 10.6. The van der Waals surface area contributed by atoms with Crippen molar-refractivity contribution in [3.8, 4) is 6.07 Å². The van der Waals surface area contributed by atoms with Gasteiger partial charge in [0.1, 0.15) is 11.8 Å². The van der Waals surface area contributed by atoms with Gasteiger partial charge in [0.15, 0.2) is 0 Å². The normalized spacial score (nSPS) is 16.4. The highest BCUT2D eigenvalue weighted by Crippen LogP contribution is 2.15. The molecule has 3 rings (SSSR count). The molecule has 1 unspecified atom stereocenters. The second-order valence-electron chi connectivity index (χ2n) is 7.99. The first kappa shape index (κ1) is 23.7. The van der Waals surface area contributed by atoms with E-state index in [1.807, 2.05) is 13.8 Å². The lowest BCUT2D eigenvalue weighted by Gasteiger charge is -2.37. The van der Waals surface area contributed by atoms with Crippen LogP contribution in [-0.2, 0) is 21.4 Å². The summed E-state index contributed by atoms with van der Waals surface area (Å²) in [5, 5.41) is 9.35. The van der Waals surface area contributed by atoms with E-state index >= 15 is 0 Å². The molecule has 0 saturated carbocycles. The SMILES string of the molecule is CC(C)C(C#N)N1CCN(C(=O)/C=C/c2ccc(S(=O)(=O)NCc3ccco3)cc2)CC1. The smallest absolute Gasteiger partial charge is 0.246 e. The van der Waals surface area contributed by atoms with Crippen molar-refractivity contribution in [2.24, 2.45) is 5.92 Å². The van der Waals surface area contributed by atoms with Gasteiger partial charge in [0.2, 0.25) is 15.9 Å². The number of carbonyl (C=O) groups is 1. The van der Waals surface area contributed by atoms with Gasteiger partial charge >= 0.3 is 0 Å². The average molecular weight is 457 g/mol. The summed E-state index contributed by atoms with van der Waals surface area (Å²) in [4.78, 5) is 16.5. The number of nitriles is 1. The lowest BCUT2D eigenvalue weighted by Crippen LogP contribution is -2.52. The van der Waals surface area contributed by atoms with E-state index in [1.54, 1.807) is 35.2 Å². The van der Waals surface area contributed by atoms with Crippen LogP contribution in [0.2, 0.25) is 0 Å². The van der Waals surface area contributed by atoms with Crippen LogP contribution in [0.25, 0.3) is 6.08 Å². The summed E-state index contributed by atoms with van der Waals surface area (Å²) in [5.74, 6) is 0.675. The van der Waals surface area contributed by atoms with Crippen LogP contribution in [0.1, 0.15) is 25.2 Å². The third-order valence-corrected chi connectivity index (χ3v) is 6.83. The van der Waals surface area contributed by atoms with Gasteiger partial charge in [-0.2, -0.15) is 5.26 Å². The van der Waals surface area contributed by atoms with Gasteiger partial charge in [0.05, 0.1) is 23.8 Å². The molecule has 170 valence electrons. The van der Waals surface area contributed by atoms with Gasteiger partial charge in [-0.3, -0.25) is 9.69 Å². The number of sulfonamides is 1. The van der Waals surface area contributed by atoms with Crippen molar-refractivity contribution >= 4 is 22.0 Å². The highest BCUT2D eigenvalue weighted by Gasteiger charge is 2.27. The highest BCUT2D eigenvalue weighted by atomic mass is 32.2. The summed E-state index contributed by atoms with van der Waals surface area (Å²) in [6, 6.07) is 11.9. The maximum atomic E-state index is 12.5. The molecule has 0 aliphatic carbocycles. The minimum absolute atomic E-state index is 0.0744. The summed E-state index contributed by atoms with van der Waals surface area (Å²) in [7, 11) is -3.66. The van der Waals surface area contributed by atoms with Crippen molar-refractivity contribution in [2.75, 3.05) is 26.2 Å². The van der Waals surface area contributed by atoms with E-state index in [0.717, 1.165) is 5.56 Å². The number of rotatable bonds is 8. The molecular formula is C23H28N4O4S. The van der Waals surface area contributed by atoms with Crippen molar-refractivity contribution in [3.05, 3.63) is 60.1 Å². The van der Waals surface area contributed by atoms with E-state index in [9.17, 15) is 18.5 Å². The van der Waals surface area contributed by atoms with Crippen LogP contribution in [0, 0.1) is 17.2 Å². The third kappa shape index (κ3) is 6.07. The molecule has 32 heavy (non-hydrogen) atoms. The van der Waals surface area contributed by atoms with E-state index in [1.165, 1.54) is 24.5 Å². The summed E-state index contributed by atoms with van der Waals surface area (Å²) in [6.45, 7) is 6.63. The number of piperazine rings is 1. The van der Waals surface area contributed by atoms with Crippen molar-refractivity contribution in [3.63, 3.8) is 0 Å². The fourth-order valence-electron chi connectivity index (χ4n) is 3.57. The van der Waals surface area contributed by atoms with Crippen LogP contribution < -0.4 is 4.72 Å². The first-order valence-electron chi connectivity index (χ1n) is 10.5. The maximum absolute atomic E-state index is 12.5. The Hall–Kier alpha value is -2.93. The summed E-state index contributed by atoms with van der Waals surface area (Å²) in [5.41, 5.74) is 0.728. The van der Waals surface area contributed by atoms with Crippen LogP contribution in [0.5, 0.6) is 0 Å². The Labute approximate surface area is 189 Å². The largest absolute Gasteiger partial charge is 0.468 e. The minimum atomic E-state index is -3.66. The van der Waals surface area contributed by atoms with Crippen LogP contribution >= 0.6 is 0 Å². The topological polar surface area (TPSA) is 107 Å². The van der Waals surface area contributed by atoms with Gasteiger partial charge < -0.3 is 9.32 Å². The van der Waals surface area contributed by atoms with E-state index in [0.29, 0.717) is 31.9 Å². The lowest BCUT2D eigenvalue weighted by atomic mass is 10.0. The molecule has 1 aromatic heterocycles. The van der Waals surface area contributed by atoms with Crippen molar-refractivity contribution in [1.29, 1.82) is 5.26 Å². The number of amides is 1. The molecule has 2 heterocycles. The Balaban J connectivity index is 1.53. The zero-order valence-electron chi connectivity index (χ0n) is 18.3. The highest BCUT2D eigenvalue weighted by molar-refractivity contribution is 7.89.